The number of carbonyl (C=O) groups is 2. The van der Waals surface area contributed by atoms with Crippen LogP contribution in [0, 0.1) is 12.8 Å². The van der Waals surface area contributed by atoms with Gasteiger partial charge in [0.1, 0.15) is 5.76 Å². The van der Waals surface area contributed by atoms with Crippen LogP contribution in [0.5, 0.6) is 0 Å². The Kier molecular flexibility index (Phi) is 5.61. The minimum Gasteiger partial charge on any atom is -0.455 e. The number of nitrogens with zero attached hydrogens (tertiary/aromatic N) is 1. The van der Waals surface area contributed by atoms with Gasteiger partial charge in [-0.15, -0.1) is 0 Å². The Morgan fingerprint density at radius 3 is 2.74 bits per heavy atom. The van der Waals surface area contributed by atoms with Crippen LogP contribution >= 0.6 is 0 Å². The van der Waals surface area contributed by atoms with Crippen LogP contribution in [0.2, 0.25) is 0 Å². The van der Waals surface area contributed by atoms with Crippen molar-refractivity contribution in [2.75, 3.05) is 46.1 Å². The Bertz CT molecular complexity index is 701. The third kappa shape index (κ3) is 3.81. The lowest BCUT2D eigenvalue weighted by Crippen LogP contribution is -2.52. The van der Waals surface area contributed by atoms with Gasteiger partial charge in [0, 0.05) is 56.6 Å². The topological polar surface area (TPSA) is 81.0 Å². The van der Waals surface area contributed by atoms with E-state index >= 15 is 0 Å². The molecule has 1 aliphatic carbocycles. The van der Waals surface area contributed by atoms with Crippen LogP contribution in [0.15, 0.2) is 4.42 Å². The van der Waals surface area contributed by atoms with E-state index in [-0.39, 0.29) is 17.7 Å². The van der Waals surface area contributed by atoms with Gasteiger partial charge in [-0.2, -0.15) is 0 Å². The summed E-state index contributed by atoms with van der Waals surface area (Å²) in [6.45, 7) is 7.08. The molecule has 4 rings (SSSR count). The summed E-state index contributed by atoms with van der Waals surface area (Å²) in [4.78, 5) is 27.4. The lowest BCUT2D eigenvalue weighted by molar-refractivity contribution is 0.00159. The Balaban J connectivity index is 1.46. The molecule has 1 aromatic heterocycles. The average molecular weight is 376 g/mol. The number of morpholine rings is 1. The van der Waals surface area contributed by atoms with E-state index in [0.29, 0.717) is 41.5 Å². The van der Waals surface area contributed by atoms with E-state index in [4.69, 9.17) is 13.9 Å². The highest BCUT2D eigenvalue weighted by molar-refractivity contribution is 6.03. The van der Waals surface area contributed by atoms with Crippen LogP contribution in [0.25, 0.3) is 0 Å². The van der Waals surface area contributed by atoms with Crippen LogP contribution in [0.4, 0.5) is 0 Å². The number of furan rings is 1. The van der Waals surface area contributed by atoms with Crippen molar-refractivity contribution in [3.05, 3.63) is 22.6 Å². The van der Waals surface area contributed by atoms with Crippen molar-refractivity contribution in [1.82, 2.24) is 10.2 Å². The molecular formula is C20H28N2O5. The summed E-state index contributed by atoms with van der Waals surface area (Å²) >= 11 is 0. The Morgan fingerprint density at radius 2 is 2.04 bits per heavy atom. The summed E-state index contributed by atoms with van der Waals surface area (Å²) < 4.78 is 16.8. The molecule has 2 fully saturated rings. The highest BCUT2D eigenvalue weighted by atomic mass is 16.5. The minimum atomic E-state index is -0.230. The number of amides is 1. The first-order valence-electron chi connectivity index (χ1n) is 9.98. The van der Waals surface area contributed by atoms with Crippen molar-refractivity contribution in [2.45, 2.75) is 38.6 Å². The van der Waals surface area contributed by atoms with Crippen LogP contribution in [-0.2, 0) is 15.9 Å². The molecule has 0 radical (unpaired) electrons. The van der Waals surface area contributed by atoms with Gasteiger partial charge in [0.2, 0.25) is 0 Å². The number of fused-ring (bicyclic) bond motifs is 1. The first kappa shape index (κ1) is 18.7. The van der Waals surface area contributed by atoms with E-state index in [1.807, 2.05) is 6.92 Å². The van der Waals surface area contributed by atoms with Crippen molar-refractivity contribution in [3.8, 4) is 0 Å². The molecule has 2 saturated heterocycles. The Morgan fingerprint density at radius 1 is 1.22 bits per heavy atom. The van der Waals surface area contributed by atoms with E-state index in [9.17, 15) is 9.59 Å². The molecule has 3 aliphatic rings. The third-order valence-corrected chi connectivity index (χ3v) is 6.01. The maximum absolute atomic E-state index is 12.8. The maximum Gasteiger partial charge on any atom is 0.287 e. The van der Waals surface area contributed by atoms with Gasteiger partial charge in [-0.1, -0.05) is 0 Å². The standard InChI is InChI=1S/C20H28N2O5/c1-13-18-16(23)3-2-4-17(18)27-19(13)20(24)21-11-15(14-5-8-26-12-14)22-6-9-25-10-7-22/h14-15H,2-12H2,1H3,(H,21,24). The molecular weight excluding hydrogens is 348 g/mol. The molecule has 2 atom stereocenters. The zero-order valence-electron chi connectivity index (χ0n) is 15.9. The first-order chi connectivity index (χ1) is 13.1. The molecule has 7 heteroatoms. The highest BCUT2D eigenvalue weighted by Crippen LogP contribution is 2.29. The minimum absolute atomic E-state index is 0.0887. The van der Waals surface area contributed by atoms with Gasteiger partial charge in [-0.3, -0.25) is 14.5 Å². The SMILES string of the molecule is Cc1c(C(=O)NCC(C2CCOC2)N2CCOCC2)oc2c1C(=O)CCC2. The fraction of sp³-hybridized carbons (Fsp3) is 0.700. The largest absolute Gasteiger partial charge is 0.455 e. The predicted octanol–water partition coefficient (Wildman–Crippen LogP) is 1.57. The van der Waals surface area contributed by atoms with Crippen molar-refractivity contribution in [3.63, 3.8) is 0 Å². The lowest BCUT2D eigenvalue weighted by Gasteiger charge is -2.37. The highest BCUT2D eigenvalue weighted by Gasteiger charge is 2.33. The summed E-state index contributed by atoms with van der Waals surface area (Å²) in [6, 6.07) is 0.229. The molecule has 1 N–H and O–H groups in total. The van der Waals surface area contributed by atoms with Gasteiger partial charge in [-0.05, 0) is 19.8 Å². The second kappa shape index (κ2) is 8.12. The number of rotatable bonds is 5. The molecule has 0 aromatic carbocycles. The third-order valence-electron chi connectivity index (χ3n) is 6.01. The van der Waals surface area contributed by atoms with Gasteiger partial charge in [-0.25, -0.2) is 0 Å². The van der Waals surface area contributed by atoms with E-state index in [2.05, 4.69) is 10.2 Å². The van der Waals surface area contributed by atoms with E-state index in [1.54, 1.807) is 0 Å². The molecule has 148 valence electrons. The Hall–Kier alpha value is -1.70. The molecule has 2 aliphatic heterocycles. The molecule has 27 heavy (non-hydrogen) atoms. The zero-order chi connectivity index (χ0) is 18.8. The number of hydrogen-bond acceptors (Lipinski definition) is 6. The fourth-order valence-corrected chi connectivity index (χ4v) is 4.50. The van der Waals surface area contributed by atoms with Crippen LogP contribution < -0.4 is 5.32 Å². The summed E-state index contributed by atoms with van der Waals surface area (Å²) in [5.74, 6) is 1.23. The van der Waals surface area contributed by atoms with Gasteiger partial charge < -0.3 is 19.2 Å². The number of Topliss-reactive ketones (excluding diaryl/α,β-unsaturated/α-hetero) is 1. The zero-order valence-corrected chi connectivity index (χ0v) is 15.9. The van der Waals surface area contributed by atoms with Gasteiger partial charge in [0.05, 0.1) is 25.4 Å². The summed E-state index contributed by atoms with van der Waals surface area (Å²) in [6.07, 6.45) is 3.07. The normalized spacial score (nSPS) is 24.6. The fourth-order valence-electron chi connectivity index (χ4n) is 4.50. The molecule has 7 nitrogen and oxygen atoms in total. The molecule has 2 unspecified atom stereocenters. The summed E-state index contributed by atoms with van der Waals surface area (Å²) in [5.41, 5.74) is 1.31. The van der Waals surface area contributed by atoms with Crippen molar-refractivity contribution in [2.24, 2.45) is 5.92 Å². The molecule has 0 bridgehead atoms. The van der Waals surface area contributed by atoms with Crippen LogP contribution in [0.1, 0.15) is 51.5 Å². The second-order valence-corrected chi connectivity index (χ2v) is 7.68. The second-order valence-electron chi connectivity index (χ2n) is 7.68. The first-order valence-corrected chi connectivity index (χ1v) is 9.98. The predicted molar refractivity (Wildman–Crippen MR) is 98.2 cm³/mol. The number of carbonyl (C=O) groups excluding carboxylic acids is 2. The number of aryl methyl sites for hydroxylation is 1. The van der Waals surface area contributed by atoms with Gasteiger partial charge in [0.25, 0.3) is 5.91 Å². The van der Waals surface area contributed by atoms with Crippen molar-refractivity contribution in [1.29, 1.82) is 0 Å². The average Bonchev–Trinajstić information content (AvgIpc) is 3.32. The summed E-state index contributed by atoms with van der Waals surface area (Å²) in [5, 5.41) is 3.06. The van der Waals surface area contributed by atoms with E-state index < -0.39 is 0 Å². The van der Waals surface area contributed by atoms with Gasteiger partial charge in [0.15, 0.2) is 11.5 Å². The molecule has 1 aromatic rings. The smallest absolute Gasteiger partial charge is 0.287 e. The van der Waals surface area contributed by atoms with Crippen LogP contribution in [0.3, 0.4) is 0 Å². The van der Waals surface area contributed by atoms with Crippen LogP contribution in [-0.4, -0.2) is 68.7 Å². The number of nitrogens with one attached hydrogen (secondary N) is 1. The number of ether oxygens (including phenoxy) is 2. The van der Waals surface area contributed by atoms with Crippen molar-refractivity contribution >= 4 is 11.7 Å². The Labute approximate surface area is 159 Å². The van der Waals surface area contributed by atoms with Crippen molar-refractivity contribution < 1.29 is 23.5 Å². The maximum atomic E-state index is 12.8. The van der Waals surface area contributed by atoms with E-state index in [1.165, 1.54) is 0 Å². The number of hydrogen-bond donors (Lipinski definition) is 1. The number of ketones is 1. The lowest BCUT2D eigenvalue weighted by atomic mass is 9.94. The molecule has 1 amide bonds. The molecule has 3 heterocycles. The molecule has 0 saturated carbocycles. The quantitative estimate of drug-likeness (QED) is 0.840. The monoisotopic (exact) mass is 376 g/mol. The molecule has 0 spiro atoms. The summed E-state index contributed by atoms with van der Waals surface area (Å²) in [7, 11) is 0. The van der Waals surface area contributed by atoms with E-state index in [0.717, 1.165) is 58.8 Å². The van der Waals surface area contributed by atoms with Gasteiger partial charge >= 0.3 is 0 Å².